The highest BCUT2D eigenvalue weighted by molar-refractivity contribution is 5.87. The third-order valence-corrected chi connectivity index (χ3v) is 5.35. The number of amides is 1. The van der Waals surface area contributed by atoms with E-state index in [9.17, 15) is 14.7 Å². The van der Waals surface area contributed by atoms with Gasteiger partial charge in [0, 0.05) is 0 Å². The van der Waals surface area contributed by atoms with Crippen molar-refractivity contribution in [1.82, 2.24) is 5.32 Å². The van der Waals surface area contributed by atoms with E-state index in [-0.39, 0.29) is 17.7 Å². The number of hydrogen-bond acceptors (Lipinski definition) is 2. The van der Waals surface area contributed by atoms with E-state index < -0.39 is 23.3 Å². The van der Waals surface area contributed by atoms with Crippen molar-refractivity contribution in [3.63, 3.8) is 0 Å². The summed E-state index contributed by atoms with van der Waals surface area (Å²) in [6.07, 6.45) is 9.65. The SMILES string of the molecule is C#CC(CC)(CC)NC(=O)[C@@H]1[C@@H]2CC[C@@H](C2)[C@@H]1C(=O)O. The normalized spacial score (nSPS) is 31.9. The van der Waals surface area contributed by atoms with Gasteiger partial charge in [0.2, 0.25) is 5.91 Å². The molecule has 2 N–H and O–H groups in total. The van der Waals surface area contributed by atoms with Crippen molar-refractivity contribution >= 4 is 11.9 Å². The first-order chi connectivity index (χ1) is 9.48. The van der Waals surface area contributed by atoms with Crippen molar-refractivity contribution in [3.05, 3.63) is 0 Å². The number of terminal acetylenes is 1. The van der Waals surface area contributed by atoms with Crippen LogP contribution in [-0.2, 0) is 9.59 Å². The first-order valence-corrected chi connectivity index (χ1v) is 7.50. The number of carbonyl (C=O) groups excluding carboxylic acids is 1. The molecule has 0 aromatic rings. The number of aliphatic carboxylic acids is 1. The average Bonchev–Trinajstić information content (AvgIpc) is 3.05. The minimum Gasteiger partial charge on any atom is -0.481 e. The lowest BCUT2D eigenvalue weighted by Crippen LogP contribution is -2.51. The fourth-order valence-electron chi connectivity index (χ4n) is 4.01. The van der Waals surface area contributed by atoms with Crippen LogP contribution in [-0.4, -0.2) is 22.5 Å². The second-order valence-corrected chi connectivity index (χ2v) is 6.15. The molecular weight excluding hydrogens is 254 g/mol. The predicted molar refractivity (Wildman–Crippen MR) is 75.7 cm³/mol. The zero-order chi connectivity index (χ0) is 14.9. The van der Waals surface area contributed by atoms with Crippen LogP contribution < -0.4 is 5.32 Å². The fourth-order valence-corrected chi connectivity index (χ4v) is 4.01. The van der Waals surface area contributed by atoms with Gasteiger partial charge in [0.1, 0.15) is 5.54 Å². The van der Waals surface area contributed by atoms with Crippen molar-refractivity contribution in [3.8, 4) is 12.3 Å². The van der Waals surface area contributed by atoms with Crippen molar-refractivity contribution in [2.45, 2.75) is 51.5 Å². The van der Waals surface area contributed by atoms with Crippen LogP contribution in [0.15, 0.2) is 0 Å². The van der Waals surface area contributed by atoms with Crippen molar-refractivity contribution in [1.29, 1.82) is 0 Å². The van der Waals surface area contributed by atoms with Gasteiger partial charge in [-0.25, -0.2) is 0 Å². The minimum absolute atomic E-state index is 0.161. The molecule has 2 aliphatic rings. The Bertz CT molecular complexity index is 447. The molecule has 1 amide bonds. The number of rotatable bonds is 5. The standard InChI is InChI=1S/C16H23NO3/c1-4-16(5-2,6-3)17-14(18)12-10-7-8-11(9-10)13(12)15(19)20/h1,10-13H,5-9H2,2-3H3,(H,17,18)(H,19,20)/t10-,11+,12-,13+/m1/s1. The van der Waals surface area contributed by atoms with Gasteiger partial charge < -0.3 is 10.4 Å². The largest absolute Gasteiger partial charge is 0.481 e. The molecule has 2 saturated carbocycles. The molecule has 2 fully saturated rings. The van der Waals surface area contributed by atoms with Gasteiger partial charge in [0.25, 0.3) is 0 Å². The Morgan fingerprint density at radius 2 is 1.80 bits per heavy atom. The summed E-state index contributed by atoms with van der Waals surface area (Å²) in [5.41, 5.74) is -0.637. The molecular formula is C16H23NO3. The molecule has 2 rings (SSSR count). The summed E-state index contributed by atoms with van der Waals surface area (Å²) in [6, 6.07) is 0. The molecule has 4 nitrogen and oxygen atoms in total. The minimum atomic E-state index is -0.836. The zero-order valence-corrected chi connectivity index (χ0v) is 12.2. The molecule has 0 aromatic heterocycles. The molecule has 0 saturated heterocycles. The van der Waals surface area contributed by atoms with E-state index in [4.69, 9.17) is 6.42 Å². The van der Waals surface area contributed by atoms with E-state index in [0.717, 1.165) is 19.3 Å². The highest BCUT2D eigenvalue weighted by atomic mass is 16.4. The van der Waals surface area contributed by atoms with Gasteiger partial charge in [0.05, 0.1) is 11.8 Å². The molecule has 0 radical (unpaired) electrons. The van der Waals surface area contributed by atoms with Gasteiger partial charge in [-0.05, 0) is 43.9 Å². The Morgan fingerprint density at radius 1 is 1.25 bits per heavy atom. The summed E-state index contributed by atoms with van der Waals surface area (Å²) in [7, 11) is 0. The van der Waals surface area contributed by atoms with Crippen LogP contribution in [0.5, 0.6) is 0 Å². The lowest BCUT2D eigenvalue weighted by molar-refractivity contribution is -0.149. The van der Waals surface area contributed by atoms with E-state index in [1.807, 2.05) is 13.8 Å². The van der Waals surface area contributed by atoms with E-state index in [2.05, 4.69) is 11.2 Å². The maximum Gasteiger partial charge on any atom is 0.307 e. The number of hydrogen-bond donors (Lipinski definition) is 2. The van der Waals surface area contributed by atoms with E-state index >= 15 is 0 Å². The Labute approximate surface area is 120 Å². The quantitative estimate of drug-likeness (QED) is 0.756. The monoisotopic (exact) mass is 277 g/mol. The smallest absolute Gasteiger partial charge is 0.307 e. The van der Waals surface area contributed by atoms with Crippen molar-refractivity contribution in [2.75, 3.05) is 0 Å². The van der Waals surface area contributed by atoms with Gasteiger partial charge in [-0.3, -0.25) is 9.59 Å². The molecule has 0 heterocycles. The fraction of sp³-hybridized carbons (Fsp3) is 0.750. The predicted octanol–water partition coefficient (Wildman–Crippen LogP) is 2.04. The molecule has 2 bridgehead atoms. The summed E-state index contributed by atoms with van der Waals surface area (Å²) < 4.78 is 0. The van der Waals surface area contributed by atoms with Crippen LogP contribution >= 0.6 is 0 Å². The molecule has 0 aromatic carbocycles. The highest BCUT2D eigenvalue weighted by Crippen LogP contribution is 2.52. The molecule has 4 heteroatoms. The summed E-state index contributed by atoms with van der Waals surface area (Å²) in [6.45, 7) is 3.89. The third-order valence-electron chi connectivity index (χ3n) is 5.35. The first-order valence-electron chi connectivity index (χ1n) is 7.50. The first kappa shape index (κ1) is 14.9. The third kappa shape index (κ3) is 2.30. The van der Waals surface area contributed by atoms with Crippen LogP contribution in [0.25, 0.3) is 0 Å². The summed E-state index contributed by atoms with van der Waals surface area (Å²) in [5, 5.41) is 12.4. The molecule has 0 unspecified atom stereocenters. The second kappa shape index (κ2) is 5.47. The Morgan fingerprint density at radius 3 is 2.25 bits per heavy atom. The van der Waals surface area contributed by atoms with Gasteiger partial charge in [-0.2, -0.15) is 0 Å². The molecule has 2 aliphatic carbocycles. The summed E-state index contributed by atoms with van der Waals surface area (Å²) in [5.74, 6) is 1.12. The Kier molecular flexibility index (Phi) is 4.08. The number of fused-ring (bicyclic) bond motifs is 2. The van der Waals surface area contributed by atoms with Crippen molar-refractivity contribution < 1.29 is 14.7 Å². The number of nitrogens with one attached hydrogen (secondary N) is 1. The molecule has 0 spiro atoms. The molecule has 4 atom stereocenters. The van der Waals surface area contributed by atoms with Crippen LogP contribution in [0.3, 0.4) is 0 Å². The van der Waals surface area contributed by atoms with Crippen molar-refractivity contribution in [2.24, 2.45) is 23.7 Å². The molecule has 0 aliphatic heterocycles. The van der Waals surface area contributed by atoms with Crippen LogP contribution in [0, 0.1) is 36.0 Å². The number of carboxylic acids is 1. The van der Waals surface area contributed by atoms with Gasteiger partial charge in [-0.1, -0.05) is 19.8 Å². The lowest BCUT2D eigenvalue weighted by Gasteiger charge is -2.33. The highest BCUT2D eigenvalue weighted by Gasteiger charge is 2.54. The maximum atomic E-state index is 12.6. The summed E-state index contributed by atoms with van der Waals surface area (Å²) >= 11 is 0. The Balaban J connectivity index is 2.16. The maximum absolute atomic E-state index is 12.6. The van der Waals surface area contributed by atoms with E-state index in [1.165, 1.54) is 0 Å². The van der Waals surface area contributed by atoms with Gasteiger partial charge in [-0.15, -0.1) is 6.42 Å². The second-order valence-electron chi connectivity index (χ2n) is 6.15. The average molecular weight is 277 g/mol. The van der Waals surface area contributed by atoms with Crippen LogP contribution in [0.2, 0.25) is 0 Å². The Hall–Kier alpha value is -1.50. The molecule has 20 heavy (non-hydrogen) atoms. The lowest BCUT2D eigenvalue weighted by atomic mass is 9.78. The van der Waals surface area contributed by atoms with Crippen LogP contribution in [0.4, 0.5) is 0 Å². The van der Waals surface area contributed by atoms with Gasteiger partial charge >= 0.3 is 5.97 Å². The zero-order valence-electron chi connectivity index (χ0n) is 12.2. The molecule has 110 valence electrons. The van der Waals surface area contributed by atoms with E-state index in [1.54, 1.807) is 0 Å². The van der Waals surface area contributed by atoms with E-state index in [0.29, 0.717) is 12.8 Å². The topological polar surface area (TPSA) is 66.4 Å². The summed E-state index contributed by atoms with van der Waals surface area (Å²) in [4.78, 5) is 24.0. The number of carboxylic acid groups (broad SMARTS) is 1. The van der Waals surface area contributed by atoms with Crippen LogP contribution in [0.1, 0.15) is 46.0 Å². The number of carbonyl (C=O) groups is 2. The van der Waals surface area contributed by atoms with Gasteiger partial charge in [0.15, 0.2) is 0 Å².